The van der Waals surface area contributed by atoms with Crippen LogP contribution < -0.4 is 4.74 Å². The molecule has 1 aliphatic heterocycles. The molecule has 0 radical (unpaired) electrons. The van der Waals surface area contributed by atoms with Gasteiger partial charge in [-0.3, -0.25) is 0 Å². The van der Waals surface area contributed by atoms with E-state index in [4.69, 9.17) is 9.15 Å². The molecule has 1 aromatic carbocycles. The zero-order valence-electron chi connectivity index (χ0n) is 13.3. The molecule has 2 heterocycles. The number of hydrogen-bond acceptors (Lipinski definition) is 5. The maximum absolute atomic E-state index is 10.4. The summed E-state index contributed by atoms with van der Waals surface area (Å²) in [7, 11) is 0. The lowest BCUT2D eigenvalue weighted by molar-refractivity contribution is 0.0182. The molecule has 0 aliphatic carbocycles. The third-order valence-electron chi connectivity index (χ3n) is 3.97. The minimum Gasteiger partial charge on any atom is -0.489 e. The van der Waals surface area contributed by atoms with Crippen molar-refractivity contribution >= 4 is 11.0 Å². The molecule has 0 saturated carbocycles. The van der Waals surface area contributed by atoms with E-state index < -0.39 is 6.23 Å². The zero-order chi connectivity index (χ0) is 16.4. The third kappa shape index (κ3) is 3.25. The van der Waals surface area contributed by atoms with Crippen LogP contribution >= 0.6 is 0 Å². The molecular formula is C18H21NO4. The molecule has 0 spiro atoms. The third-order valence-corrected chi connectivity index (χ3v) is 3.97. The van der Waals surface area contributed by atoms with Crippen LogP contribution in [-0.2, 0) is 0 Å². The van der Waals surface area contributed by atoms with Gasteiger partial charge in [-0.05, 0) is 44.2 Å². The monoisotopic (exact) mass is 315 g/mol. The molecule has 23 heavy (non-hydrogen) atoms. The van der Waals surface area contributed by atoms with Crippen LogP contribution in [0, 0.1) is 6.92 Å². The average molecular weight is 315 g/mol. The fourth-order valence-corrected chi connectivity index (χ4v) is 2.64. The van der Waals surface area contributed by atoms with Gasteiger partial charge in [-0.15, -0.1) is 0 Å². The van der Waals surface area contributed by atoms with Gasteiger partial charge in [-0.2, -0.15) is 0 Å². The molecule has 0 saturated heterocycles. The summed E-state index contributed by atoms with van der Waals surface area (Å²) in [4.78, 5) is 1.71. The predicted molar refractivity (Wildman–Crippen MR) is 88.1 cm³/mol. The number of benzene rings is 1. The van der Waals surface area contributed by atoms with E-state index in [1.165, 1.54) is 0 Å². The van der Waals surface area contributed by atoms with Gasteiger partial charge < -0.3 is 24.3 Å². The Morgan fingerprint density at radius 2 is 2.17 bits per heavy atom. The lowest BCUT2D eigenvalue weighted by Crippen LogP contribution is -2.43. The highest BCUT2D eigenvalue weighted by Gasteiger charge is 2.23. The molecule has 1 unspecified atom stereocenters. The number of rotatable bonds is 5. The Labute approximate surface area is 135 Å². The van der Waals surface area contributed by atoms with E-state index in [0.717, 1.165) is 28.1 Å². The van der Waals surface area contributed by atoms with Gasteiger partial charge in [0.15, 0.2) is 6.23 Å². The summed E-state index contributed by atoms with van der Waals surface area (Å²) in [6, 6.07) is 7.46. The van der Waals surface area contributed by atoms with Crippen molar-refractivity contribution in [1.82, 2.24) is 4.90 Å². The summed E-state index contributed by atoms with van der Waals surface area (Å²) in [6.07, 6.45) is 4.67. The highest BCUT2D eigenvalue weighted by molar-refractivity contribution is 5.79. The smallest absolute Gasteiger partial charge is 0.152 e. The number of hydrogen-bond donors (Lipinski definition) is 2. The minimum atomic E-state index is -0.790. The number of furan rings is 1. The maximum Gasteiger partial charge on any atom is 0.152 e. The van der Waals surface area contributed by atoms with E-state index in [1.54, 1.807) is 11.1 Å². The van der Waals surface area contributed by atoms with Gasteiger partial charge in [0.05, 0.1) is 12.6 Å². The number of aliphatic hydroxyl groups excluding tert-OH is 2. The van der Waals surface area contributed by atoms with Gasteiger partial charge in [-0.25, -0.2) is 0 Å². The Balaban J connectivity index is 1.69. The van der Waals surface area contributed by atoms with Crippen molar-refractivity contribution in [2.45, 2.75) is 26.1 Å². The van der Waals surface area contributed by atoms with Crippen molar-refractivity contribution < 1.29 is 19.4 Å². The summed E-state index contributed by atoms with van der Waals surface area (Å²) >= 11 is 0. The highest BCUT2D eigenvalue weighted by Crippen LogP contribution is 2.25. The largest absolute Gasteiger partial charge is 0.489 e. The van der Waals surface area contributed by atoms with Crippen molar-refractivity contribution in [3.05, 3.63) is 54.0 Å². The van der Waals surface area contributed by atoms with Gasteiger partial charge in [0.1, 0.15) is 23.7 Å². The fourth-order valence-electron chi connectivity index (χ4n) is 2.64. The van der Waals surface area contributed by atoms with Gasteiger partial charge in [0.2, 0.25) is 0 Å². The van der Waals surface area contributed by atoms with Crippen LogP contribution in [0.4, 0.5) is 0 Å². The molecular weight excluding hydrogens is 294 g/mol. The first kappa shape index (κ1) is 15.6. The van der Waals surface area contributed by atoms with E-state index in [1.807, 2.05) is 50.3 Å². The summed E-state index contributed by atoms with van der Waals surface area (Å²) in [5.41, 5.74) is 1.58. The summed E-state index contributed by atoms with van der Waals surface area (Å²) in [5.74, 6) is 1.59. The first-order valence-electron chi connectivity index (χ1n) is 7.65. The Hall–Kier alpha value is -2.24. The average Bonchev–Trinajstić information content (AvgIpc) is 2.92. The molecule has 1 aromatic heterocycles. The Morgan fingerprint density at radius 3 is 2.96 bits per heavy atom. The van der Waals surface area contributed by atoms with Crippen LogP contribution in [0.5, 0.6) is 5.75 Å². The topological polar surface area (TPSA) is 66.1 Å². The standard InChI is InChI=1S/C18H21NO4/c1-12(10-20)19-7-3-4-14(18(19)21)11-22-16-5-6-17-15(9-16)8-13(2)23-17/h3-9,12,18,20-21H,10-11H2,1-2H3/t12?,18-/m1/s1. The van der Waals surface area contributed by atoms with Gasteiger partial charge >= 0.3 is 0 Å². The molecule has 0 bridgehead atoms. The van der Waals surface area contributed by atoms with Crippen molar-refractivity contribution in [2.75, 3.05) is 13.2 Å². The number of aryl methyl sites for hydroxylation is 1. The van der Waals surface area contributed by atoms with E-state index in [9.17, 15) is 10.2 Å². The number of aliphatic hydroxyl groups is 2. The Morgan fingerprint density at radius 1 is 1.35 bits per heavy atom. The fraction of sp³-hybridized carbons (Fsp3) is 0.333. The molecule has 5 heteroatoms. The van der Waals surface area contributed by atoms with Crippen LogP contribution in [-0.4, -0.2) is 40.6 Å². The maximum atomic E-state index is 10.4. The quantitative estimate of drug-likeness (QED) is 0.888. The van der Waals surface area contributed by atoms with Crippen LogP contribution in [0.3, 0.4) is 0 Å². The van der Waals surface area contributed by atoms with Crippen LogP contribution in [0.25, 0.3) is 11.0 Å². The second kappa shape index (κ2) is 6.48. The molecule has 0 amide bonds. The molecule has 122 valence electrons. The summed E-state index contributed by atoms with van der Waals surface area (Å²) in [6.45, 7) is 4.02. The van der Waals surface area contributed by atoms with Gasteiger partial charge in [0.25, 0.3) is 0 Å². The van der Waals surface area contributed by atoms with E-state index in [-0.39, 0.29) is 19.3 Å². The second-order valence-electron chi connectivity index (χ2n) is 5.78. The number of fused-ring (bicyclic) bond motifs is 1. The zero-order valence-corrected chi connectivity index (χ0v) is 13.3. The molecule has 2 atom stereocenters. The molecule has 2 N–H and O–H groups in total. The molecule has 1 aliphatic rings. The lowest BCUT2D eigenvalue weighted by atomic mass is 10.1. The first-order valence-corrected chi connectivity index (χ1v) is 7.65. The second-order valence-corrected chi connectivity index (χ2v) is 5.78. The highest BCUT2D eigenvalue weighted by atomic mass is 16.5. The van der Waals surface area contributed by atoms with Gasteiger partial charge in [0, 0.05) is 17.2 Å². The molecule has 0 fully saturated rings. The van der Waals surface area contributed by atoms with Crippen LogP contribution in [0.1, 0.15) is 12.7 Å². The van der Waals surface area contributed by atoms with Crippen molar-refractivity contribution in [3.8, 4) is 5.75 Å². The molecule has 5 nitrogen and oxygen atoms in total. The number of allylic oxidation sites excluding steroid dienone is 2. The van der Waals surface area contributed by atoms with E-state index in [0.29, 0.717) is 0 Å². The first-order chi connectivity index (χ1) is 11.1. The predicted octanol–water partition coefficient (Wildman–Crippen LogP) is 2.57. The van der Waals surface area contributed by atoms with E-state index >= 15 is 0 Å². The summed E-state index contributed by atoms with van der Waals surface area (Å²) in [5, 5.41) is 20.6. The van der Waals surface area contributed by atoms with Crippen molar-refractivity contribution in [2.24, 2.45) is 0 Å². The lowest BCUT2D eigenvalue weighted by Gasteiger charge is -2.34. The van der Waals surface area contributed by atoms with Crippen molar-refractivity contribution in [1.29, 1.82) is 0 Å². The van der Waals surface area contributed by atoms with Crippen molar-refractivity contribution in [3.63, 3.8) is 0 Å². The Bertz CT molecular complexity index is 747. The minimum absolute atomic E-state index is 0.0218. The normalized spacial score (nSPS) is 19.0. The molecule has 2 aromatic rings. The van der Waals surface area contributed by atoms with Crippen LogP contribution in [0.15, 0.2) is 52.6 Å². The van der Waals surface area contributed by atoms with E-state index in [2.05, 4.69) is 0 Å². The number of ether oxygens (including phenoxy) is 1. The number of nitrogens with zero attached hydrogens (tertiary/aromatic N) is 1. The molecule has 3 rings (SSSR count). The SMILES string of the molecule is Cc1cc2cc(OCC3=CC=CN(C(C)CO)[C@@H]3O)ccc2o1. The Kier molecular flexibility index (Phi) is 4.41. The summed E-state index contributed by atoms with van der Waals surface area (Å²) < 4.78 is 11.3. The van der Waals surface area contributed by atoms with Crippen LogP contribution in [0.2, 0.25) is 0 Å². The van der Waals surface area contributed by atoms with Gasteiger partial charge in [-0.1, -0.05) is 6.08 Å².